The second-order valence-corrected chi connectivity index (χ2v) is 36.8. The van der Waals surface area contributed by atoms with Gasteiger partial charge in [0, 0.05) is 179 Å². The van der Waals surface area contributed by atoms with Gasteiger partial charge in [-0.2, -0.15) is 35.2 Å². The number of hydrogen-bond donors (Lipinski definition) is 1. The van der Waals surface area contributed by atoms with E-state index in [1.54, 1.807) is 34.0 Å². The Bertz CT molecular complexity index is 6110. The van der Waals surface area contributed by atoms with Crippen molar-refractivity contribution >= 4 is 102 Å². The number of likely N-dealkylation sites (N-methyl/N-ethyl adjacent to an activating group) is 3. The van der Waals surface area contributed by atoms with Gasteiger partial charge in [-0.3, -0.25) is 19.2 Å². The van der Waals surface area contributed by atoms with Crippen molar-refractivity contribution in [2.24, 2.45) is 0 Å². The summed E-state index contributed by atoms with van der Waals surface area (Å²) in [6.45, 7) is 46.6. The smallest absolute Gasteiger partial charge is 0.318 e. The lowest BCUT2D eigenvalue weighted by molar-refractivity contribution is -0.131. The molecule has 6 fully saturated rings. The lowest BCUT2D eigenvalue weighted by Gasteiger charge is -2.41. The molecule has 12 heterocycles. The Morgan fingerprint density at radius 2 is 0.844 bits per heavy atom. The van der Waals surface area contributed by atoms with E-state index < -0.39 is 0 Å². The molecule has 702 valence electrons. The third-order valence-electron chi connectivity index (χ3n) is 27.8. The first-order valence-electron chi connectivity index (χ1n) is 47.1. The zero-order valence-electron chi connectivity index (χ0n) is 78.4. The second kappa shape index (κ2) is 43.8. The molecule has 6 atom stereocenters. The van der Waals surface area contributed by atoms with E-state index in [-0.39, 0.29) is 67.1 Å². The van der Waals surface area contributed by atoms with E-state index in [0.717, 1.165) is 170 Å². The summed E-state index contributed by atoms with van der Waals surface area (Å²) >= 11 is 6.72. The summed E-state index contributed by atoms with van der Waals surface area (Å²) in [6, 6.07) is 41.2. The molecule has 6 aromatic carbocycles. The Labute approximate surface area is 796 Å². The zero-order chi connectivity index (χ0) is 94.3. The molecule has 1 N–H and O–H groups in total. The van der Waals surface area contributed by atoms with Crippen molar-refractivity contribution in [1.29, 1.82) is 5.26 Å². The summed E-state index contributed by atoms with van der Waals surface area (Å²) in [4.78, 5) is 117. The van der Waals surface area contributed by atoms with Crippen LogP contribution >= 0.6 is 11.6 Å². The number of allylic oxidation sites excluding steroid dienone is 1. The van der Waals surface area contributed by atoms with Crippen molar-refractivity contribution in [2.45, 2.75) is 134 Å². The fourth-order valence-electron chi connectivity index (χ4n) is 20.7. The van der Waals surface area contributed by atoms with Crippen LogP contribution in [-0.2, 0) is 62.8 Å². The average Bonchev–Trinajstić information content (AvgIpc) is 1.04. The molecule has 9 aromatic rings. The van der Waals surface area contributed by atoms with Crippen LogP contribution in [0.1, 0.15) is 90.3 Å². The minimum atomic E-state index is -0.384. The molecule has 9 aliphatic rings. The van der Waals surface area contributed by atoms with Gasteiger partial charge in [-0.15, -0.1) is 0 Å². The predicted molar refractivity (Wildman–Crippen MR) is 526 cm³/mol. The first kappa shape index (κ1) is 94.9. The molecule has 0 radical (unpaired) electrons. The number of benzene rings is 6. The van der Waals surface area contributed by atoms with Gasteiger partial charge in [0.05, 0.1) is 60.1 Å². The van der Waals surface area contributed by atoms with Crippen molar-refractivity contribution in [2.75, 3.05) is 202 Å². The van der Waals surface area contributed by atoms with E-state index in [0.29, 0.717) is 141 Å². The fraction of sp³-hybridized carbons (Fsp3) is 0.456. The van der Waals surface area contributed by atoms with Crippen LogP contribution in [0.25, 0.3) is 46.9 Å². The number of piperazine rings is 3. The number of aryl methyl sites for hydroxylation is 2. The molecular formula is C103H120ClN23O8. The molecule has 0 unspecified atom stereocenters. The third-order valence-corrected chi connectivity index (χ3v) is 28.1. The number of likely N-dealkylation sites (tertiary alicyclic amines) is 3. The molecule has 32 heteroatoms. The van der Waals surface area contributed by atoms with E-state index >= 15 is 0 Å². The fourth-order valence-corrected chi connectivity index (χ4v) is 21.0. The molecule has 6 saturated heterocycles. The number of nitriles is 1. The van der Waals surface area contributed by atoms with Crippen LogP contribution in [-0.4, -0.2) is 292 Å². The summed E-state index contributed by atoms with van der Waals surface area (Å²) in [6.07, 6.45) is 14.8. The quantitative estimate of drug-likeness (QED) is 0.0334. The maximum Gasteiger partial charge on any atom is 0.318 e. The van der Waals surface area contributed by atoms with Crippen molar-refractivity contribution < 1.29 is 38.1 Å². The van der Waals surface area contributed by atoms with Crippen molar-refractivity contribution in [1.82, 2.24) is 64.6 Å². The van der Waals surface area contributed by atoms with Crippen molar-refractivity contribution in [3.8, 4) is 24.1 Å². The van der Waals surface area contributed by atoms with Gasteiger partial charge in [0.2, 0.25) is 37.4 Å². The van der Waals surface area contributed by atoms with E-state index in [2.05, 4.69) is 203 Å². The Morgan fingerprint density at radius 3 is 1.21 bits per heavy atom. The number of amides is 4. The minimum Gasteiger partial charge on any atom is -0.462 e. The number of carbonyl (C=O) groups is 4. The highest BCUT2D eigenvalue weighted by Gasteiger charge is 2.41. The van der Waals surface area contributed by atoms with E-state index in [4.69, 9.17) is 85.4 Å². The Morgan fingerprint density at radius 1 is 0.481 bits per heavy atom. The Balaban J connectivity index is 0.000000147. The number of nitrogens with zero attached hydrogens (tertiary/aromatic N) is 22. The Kier molecular flexibility index (Phi) is 30.8. The molecule has 3 aromatic heterocycles. The normalized spacial score (nSPS) is 20.3. The molecule has 135 heavy (non-hydrogen) atoms. The Hall–Kier alpha value is -13.3. The minimum absolute atomic E-state index is 0.0201. The summed E-state index contributed by atoms with van der Waals surface area (Å²) in [7, 11) is 7.99. The monoisotopic (exact) mass is 1840 g/mol. The molecule has 4 amide bonds. The first-order valence-corrected chi connectivity index (χ1v) is 47.5. The summed E-state index contributed by atoms with van der Waals surface area (Å²) in [5.74, 6) is 1.45. The van der Waals surface area contributed by atoms with Crippen LogP contribution in [0.4, 0.5) is 34.5 Å². The van der Waals surface area contributed by atoms with Crippen molar-refractivity contribution in [3.05, 3.63) is 230 Å². The maximum absolute atomic E-state index is 13.2. The third kappa shape index (κ3) is 21.7. The molecule has 0 bridgehead atoms. The first-order chi connectivity index (χ1) is 65.6. The highest BCUT2D eigenvalue weighted by molar-refractivity contribution is 6.36. The van der Waals surface area contributed by atoms with Gasteiger partial charge in [-0.05, 0) is 164 Å². The standard InChI is InChI=1S/C35H42N8O3.C34H40ClN7O3.C34H38N8O2/c1-23-9-6-10-26-11-7-13-31(32(23)26)41-16-14-29-30(21-41)38-35(46-22-27-12-8-15-40(27)5)39-33(29)42-17-18-43(28(20-42)19-36-4)34(45)24(2)37-25(3)44;1-36-20-26-21-41(17-18-42(26)31(43)13-7-19-44-3)33-27-14-16-40(30-12-5-9-24-8-4-11-28(35)32(24)30)22-29(27)37-34(38-33)45-23-25-10-6-15-39(25)2;1-24-8-4-9-25-10-5-12-30(32(24)25)40-17-14-28-29(22-40)37-34(44-23-26-11-7-16-39(26)3)38-33(28)41-18-19-42(27(21-41)20-36-2)31(43)13-6-15-35/h6-7,9-11,13,27-28H,2,8,12,14-22H2,1,3,5H3,(H,37,44);4-5,7-9,11-13,25-26H,6,10,14-23H2,2-3H3;4-6,8-10,12-13,26-27H,7,11,14,16-23H2,1,3H3/b;13-7+;13-6-/t27-,28-;25-,26-;26-,27-/m000/s1. The number of anilines is 6. The topological polar surface area (TPSA) is 270 Å². The van der Waals surface area contributed by atoms with Gasteiger partial charge in [-0.25, -0.2) is 19.7 Å². The summed E-state index contributed by atoms with van der Waals surface area (Å²) in [5.41, 5.74) is 12.1. The number of ether oxygens (including phenoxy) is 4. The van der Waals surface area contributed by atoms with Crippen LogP contribution in [0, 0.1) is 44.9 Å². The summed E-state index contributed by atoms with van der Waals surface area (Å²) in [5, 5.41) is 19.3. The number of aromatic nitrogens is 6. The maximum atomic E-state index is 13.2. The zero-order valence-corrected chi connectivity index (χ0v) is 79.2. The number of methoxy groups -OCH3 is 1. The van der Waals surface area contributed by atoms with Crippen LogP contribution < -0.4 is 48.9 Å². The van der Waals surface area contributed by atoms with Crippen LogP contribution in [0.15, 0.2) is 146 Å². The number of halogens is 1. The predicted octanol–water partition coefficient (Wildman–Crippen LogP) is 12.0. The molecule has 0 aliphatic carbocycles. The van der Waals surface area contributed by atoms with Gasteiger partial charge in [0.15, 0.2) is 0 Å². The van der Waals surface area contributed by atoms with Crippen LogP contribution in [0.3, 0.4) is 0 Å². The molecule has 0 spiro atoms. The lowest BCUT2D eigenvalue weighted by Crippen LogP contribution is -2.58. The summed E-state index contributed by atoms with van der Waals surface area (Å²) < 4.78 is 24.0. The molecule has 18 rings (SSSR count). The van der Waals surface area contributed by atoms with E-state index in [9.17, 15) is 19.2 Å². The number of carbonyl (C=O) groups excluding carboxylic acids is 4. The number of hydrogen-bond acceptors (Lipinski definition) is 24. The number of nitrogens with one attached hydrogen (secondary N) is 1. The van der Waals surface area contributed by atoms with E-state index in [1.165, 1.54) is 63.1 Å². The van der Waals surface area contributed by atoms with Gasteiger partial charge in [0.25, 0.3) is 5.91 Å². The van der Waals surface area contributed by atoms with Gasteiger partial charge in [0.1, 0.15) is 55.4 Å². The molecular weight excluding hydrogens is 1720 g/mol. The van der Waals surface area contributed by atoms with Crippen molar-refractivity contribution in [3.63, 3.8) is 0 Å². The number of fused-ring (bicyclic) bond motifs is 6. The highest BCUT2D eigenvalue weighted by atomic mass is 35.5. The average molecular weight is 1840 g/mol. The second-order valence-electron chi connectivity index (χ2n) is 36.4. The molecule has 31 nitrogen and oxygen atoms in total. The largest absolute Gasteiger partial charge is 0.462 e. The van der Waals surface area contributed by atoms with Gasteiger partial charge < -0.3 is 97.6 Å². The molecule has 9 aliphatic heterocycles. The number of rotatable bonds is 24. The SMILES string of the molecule is [C-]#[N+]C[C@H]1CN(c2nc(OC[C@@H]3CCCN3C)nc3c2CCN(c2cccc4cccc(C)c24)C3)CCN1C(=O)/C=C\C#N.[C-]#[N+]C[C@H]1CN(c2nc(OC[C@@H]3CCCN3C)nc3c2CCN(c2cccc4cccc(C)c24)C3)CCN1C(=O)C(=C)NC(C)=O.[C-]#[N+]C[C@H]1CN(c2nc(OC[C@@H]3CCCN3C)nc3c2CCN(c2cccc4cccc(Cl)c24)C3)CCN1C(=O)/C=C/COC. The van der Waals surface area contributed by atoms with Crippen LogP contribution in [0.2, 0.25) is 5.02 Å². The molecule has 0 saturated carbocycles. The van der Waals surface area contributed by atoms with Crippen LogP contribution in [0.5, 0.6) is 18.0 Å². The lowest BCUT2D eigenvalue weighted by atomic mass is 9.99. The highest BCUT2D eigenvalue weighted by Crippen LogP contribution is 2.42. The van der Waals surface area contributed by atoms with Gasteiger partial charge >= 0.3 is 18.0 Å². The van der Waals surface area contributed by atoms with E-state index in [1.807, 2.05) is 18.2 Å². The van der Waals surface area contributed by atoms with Gasteiger partial charge in [-0.1, -0.05) is 109 Å².